The van der Waals surface area contributed by atoms with E-state index in [1.54, 1.807) is 4.90 Å². The molecule has 9 atom stereocenters. The van der Waals surface area contributed by atoms with Crippen LogP contribution in [0.5, 0.6) is 0 Å². The topological polar surface area (TPSA) is 202 Å². The average molecular weight is 779 g/mol. The highest BCUT2D eigenvalue weighted by molar-refractivity contribution is 5.79. The summed E-state index contributed by atoms with van der Waals surface area (Å²) in [6.45, 7) is 2.19. The van der Waals surface area contributed by atoms with Gasteiger partial charge >= 0.3 is 0 Å². The van der Waals surface area contributed by atoms with Gasteiger partial charge in [-0.15, -0.1) is 0 Å². The third-order valence-electron chi connectivity index (χ3n) is 10.6. The Morgan fingerprint density at radius 3 is 1.70 bits per heavy atom. The van der Waals surface area contributed by atoms with E-state index in [2.05, 4.69) is 29.6 Å². The number of nitrogens with one attached hydrogen (secondary N) is 1. The Hall–Kier alpha value is -3.31. The van der Waals surface area contributed by atoms with E-state index in [-0.39, 0.29) is 13.1 Å². The summed E-state index contributed by atoms with van der Waals surface area (Å²) >= 11 is 0. The first-order valence-corrected chi connectivity index (χ1v) is 20.1. The van der Waals surface area contributed by atoms with Gasteiger partial charge in [0.25, 0.3) is 0 Å². The zero-order chi connectivity index (χ0) is 39.7. The maximum atomic E-state index is 12.4. The highest BCUT2D eigenvalue weighted by atomic mass is 16.7. The summed E-state index contributed by atoms with van der Waals surface area (Å²) in [5, 5.41) is 48.6. The maximum absolute atomic E-state index is 12.4. The number of aliphatic hydroxyl groups is 4. The second-order valence-corrected chi connectivity index (χ2v) is 14.9. The fourth-order valence-corrected chi connectivity index (χ4v) is 7.27. The largest absolute Gasteiger partial charge is 0.389 e. The van der Waals surface area contributed by atoms with E-state index in [4.69, 9.17) is 30.4 Å². The summed E-state index contributed by atoms with van der Waals surface area (Å²) in [4.78, 5) is 14.2. The number of rotatable bonds is 23. The van der Waals surface area contributed by atoms with Gasteiger partial charge in [0, 0.05) is 24.2 Å². The van der Waals surface area contributed by atoms with Gasteiger partial charge in [-0.25, -0.2) is 0 Å². The van der Waals surface area contributed by atoms with Gasteiger partial charge in [0.05, 0.1) is 43.7 Å². The van der Waals surface area contributed by atoms with Crippen LogP contribution >= 0.6 is 0 Å². The zero-order valence-corrected chi connectivity index (χ0v) is 32.3. The molecular weight excluding hydrogens is 716 g/mol. The summed E-state index contributed by atoms with van der Waals surface area (Å²) in [6.07, 6.45) is -2.08. The van der Waals surface area contributed by atoms with Gasteiger partial charge in [0.15, 0.2) is 12.6 Å². The lowest BCUT2D eigenvalue weighted by atomic mass is 10.0. The first-order valence-electron chi connectivity index (χ1n) is 20.1. The minimum atomic E-state index is -1.24. The number of unbranched alkanes of at least 4 members (excludes halogenated alkanes) is 1. The molecule has 13 nitrogen and oxygen atoms in total. The highest BCUT2D eigenvalue weighted by Crippen LogP contribution is 2.30. The standard InChI is InChI=1S/C43H62N4O9/c44-23-8-7-10-30-15-17-31(18-16-30)19-20-34(41(45)52)46-24-9-25-47(28-35(48)39(50)37-21-26-53-42(55-37)32-11-3-1-4-12-32)29-36(49)40(51)38-22-27-54-43(56-38)33-13-5-2-6-14-33/h1-6,11-18,34-40,42-43,46,48-51H,7-10,19-29,44H2,(H2,45,52)/t34?,35-,36-,37+,38+,39+,40+,42?,43?/m0/s1. The minimum absolute atomic E-state index is 0.00952. The number of primary amides is 1. The molecule has 2 fully saturated rings. The number of hydrogen-bond donors (Lipinski definition) is 7. The van der Waals surface area contributed by atoms with Crippen LogP contribution in [0.4, 0.5) is 0 Å². The number of nitrogens with two attached hydrogens (primary N) is 2. The number of benzene rings is 3. The molecule has 0 aromatic heterocycles. The van der Waals surface area contributed by atoms with Crippen LogP contribution in [0.2, 0.25) is 0 Å². The van der Waals surface area contributed by atoms with Gasteiger partial charge in [-0.3, -0.25) is 9.69 Å². The molecule has 1 amide bonds. The monoisotopic (exact) mass is 778 g/mol. The summed E-state index contributed by atoms with van der Waals surface area (Å²) in [5.74, 6) is -0.437. The van der Waals surface area contributed by atoms with Crippen molar-refractivity contribution in [2.75, 3.05) is 45.9 Å². The fraction of sp³-hybridized carbons (Fsp3) is 0.558. The van der Waals surface area contributed by atoms with Crippen LogP contribution in [-0.4, -0.2) is 120 Å². The molecule has 0 radical (unpaired) electrons. The summed E-state index contributed by atoms with van der Waals surface area (Å²) in [6, 6.07) is 26.7. The molecule has 56 heavy (non-hydrogen) atoms. The van der Waals surface area contributed by atoms with Crippen molar-refractivity contribution in [2.45, 2.75) is 107 Å². The van der Waals surface area contributed by atoms with E-state index in [1.165, 1.54) is 5.56 Å². The molecule has 2 saturated heterocycles. The molecule has 0 bridgehead atoms. The van der Waals surface area contributed by atoms with Crippen LogP contribution < -0.4 is 16.8 Å². The van der Waals surface area contributed by atoms with Crippen molar-refractivity contribution in [3.63, 3.8) is 0 Å². The Balaban J connectivity index is 1.17. The first-order chi connectivity index (χ1) is 27.2. The number of aliphatic hydroxyl groups excluding tert-OH is 4. The second kappa shape index (κ2) is 23.2. The predicted octanol–water partition coefficient (Wildman–Crippen LogP) is 2.49. The number of amides is 1. The quantitative estimate of drug-likeness (QED) is 0.0695. The molecule has 5 rings (SSSR count). The molecule has 3 aromatic carbocycles. The van der Waals surface area contributed by atoms with Crippen molar-refractivity contribution in [3.8, 4) is 0 Å². The van der Waals surface area contributed by atoms with Gasteiger partial charge in [-0.2, -0.15) is 0 Å². The molecule has 0 spiro atoms. The molecule has 9 N–H and O–H groups in total. The third kappa shape index (κ3) is 13.7. The lowest BCUT2D eigenvalue weighted by molar-refractivity contribution is -0.249. The van der Waals surface area contributed by atoms with Crippen LogP contribution in [0, 0.1) is 0 Å². The lowest BCUT2D eigenvalue weighted by Crippen LogP contribution is -2.52. The number of ether oxygens (including phenoxy) is 4. The number of carbonyl (C=O) groups excluding carboxylic acids is 1. The van der Waals surface area contributed by atoms with Crippen LogP contribution in [0.3, 0.4) is 0 Å². The Labute approximate surface area is 330 Å². The molecule has 3 aromatic rings. The molecule has 2 heterocycles. The van der Waals surface area contributed by atoms with Crippen molar-refractivity contribution >= 4 is 5.91 Å². The molecular formula is C43H62N4O9. The van der Waals surface area contributed by atoms with Gasteiger partial charge in [0.2, 0.25) is 5.91 Å². The van der Waals surface area contributed by atoms with Crippen molar-refractivity contribution in [2.24, 2.45) is 11.5 Å². The molecule has 2 aliphatic rings. The summed E-state index contributed by atoms with van der Waals surface area (Å²) in [5.41, 5.74) is 15.4. The van der Waals surface area contributed by atoms with Gasteiger partial charge in [-0.05, 0) is 82.1 Å². The van der Waals surface area contributed by atoms with Crippen molar-refractivity contribution in [3.05, 3.63) is 107 Å². The highest BCUT2D eigenvalue weighted by Gasteiger charge is 2.37. The summed E-state index contributed by atoms with van der Waals surface area (Å²) < 4.78 is 23.8. The van der Waals surface area contributed by atoms with E-state index in [0.29, 0.717) is 65.0 Å². The Kier molecular flexibility index (Phi) is 18.1. The van der Waals surface area contributed by atoms with Crippen molar-refractivity contribution in [1.29, 1.82) is 0 Å². The average Bonchev–Trinajstić information content (AvgIpc) is 3.23. The van der Waals surface area contributed by atoms with Crippen molar-refractivity contribution < 1.29 is 44.2 Å². The van der Waals surface area contributed by atoms with Crippen LogP contribution in [0.25, 0.3) is 0 Å². The fourth-order valence-electron chi connectivity index (χ4n) is 7.27. The second-order valence-electron chi connectivity index (χ2n) is 14.9. The molecule has 0 saturated carbocycles. The number of carbonyl (C=O) groups is 1. The van der Waals surface area contributed by atoms with E-state index >= 15 is 0 Å². The van der Waals surface area contributed by atoms with E-state index < -0.39 is 61.2 Å². The van der Waals surface area contributed by atoms with Crippen LogP contribution in [0.1, 0.15) is 73.4 Å². The van der Waals surface area contributed by atoms with Gasteiger partial charge in [-0.1, -0.05) is 84.9 Å². The number of hydrogen-bond acceptors (Lipinski definition) is 12. The third-order valence-corrected chi connectivity index (χ3v) is 10.6. The van der Waals surface area contributed by atoms with Crippen LogP contribution in [0.15, 0.2) is 84.9 Å². The number of aryl methyl sites for hydroxylation is 2. The molecule has 13 heteroatoms. The zero-order valence-electron chi connectivity index (χ0n) is 32.3. The normalized spacial score (nSPS) is 23.0. The predicted molar refractivity (Wildman–Crippen MR) is 212 cm³/mol. The molecule has 0 aliphatic carbocycles. The van der Waals surface area contributed by atoms with Crippen molar-refractivity contribution in [1.82, 2.24) is 10.2 Å². The lowest BCUT2D eigenvalue weighted by Gasteiger charge is -2.38. The Morgan fingerprint density at radius 2 is 1.21 bits per heavy atom. The van der Waals surface area contributed by atoms with E-state index in [0.717, 1.165) is 36.0 Å². The smallest absolute Gasteiger partial charge is 0.234 e. The van der Waals surface area contributed by atoms with Gasteiger partial charge < -0.3 is 56.2 Å². The number of nitrogens with zero attached hydrogens (tertiary/aromatic N) is 1. The Morgan fingerprint density at radius 1 is 0.714 bits per heavy atom. The summed E-state index contributed by atoms with van der Waals surface area (Å²) in [7, 11) is 0. The minimum Gasteiger partial charge on any atom is -0.389 e. The maximum Gasteiger partial charge on any atom is 0.234 e. The van der Waals surface area contributed by atoms with Crippen LogP contribution in [-0.2, 0) is 36.6 Å². The van der Waals surface area contributed by atoms with E-state index in [9.17, 15) is 25.2 Å². The van der Waals surface area contributed by atoms with E-state index in [1.807, 2.05) is 60.7 Å². The van der Waals surface area contributed by atoms with Gasteiger partial charge in [0.1, 0.15) is 12.2 Å². The Bertz CT molecular complexity index is 1470. The SMILES string of the molecule is NCCCCc1ccc(CCC(NCCCN(C[C@H](O)[C@@H](O)[C@H]2CCOC(c3ccccc3)O2)C[C@H](O)[C@@H](O)[C@H]2CCOC(c3ccccc3)O2)C(N)=O)cc1. The molecule has 308 valence electrons. The molecule has 2 aliphatic heterocycles. The molecule has 3 unspecified atom stereocenters. The first kappa shape index (κ1) is 43.8.